The van der Waals surface area contributed by atoms with Gasteiger partial charge in [-0.05, 0) is 18.8 Å². The Labute approximate surface area is 138 Å². The maximum Gasteiger partial charge on any atom is 0.225 e. The van der Waals surface area contributed by atoms with Crippen LogP contribution in [-0.2, 0) is 9.59 Å². The van der Waals surface area contributed by atoms with E-state index in [2.05, 4.69) is 11.4 Å². The van der Waals surface area contributed by atoms with E-state index in [4.69, 9.17) is 5.73 Å². The third kappa shape index (κ3) is 4.23. The van der Waals surface area contributed by atoms with Crippen LogP contribution in [0.3, 0.4) is 0 Å². The van der Waals surface area contributed by atoms with Crippen LogP contribution >= 0.6 is 0 Å². The van der Waals surface area contributed by atoms with Crippen molar-refractivity contribution in [1.29, 1.82) is 5.26 Å². The van der Waals surface area contributed by atoms with Crippen molar-refractivity contribution in [2.45, 2.75) is 57.4 Å². The molecule has 1 atom stereocenters. The number of nitriles is 1. The molecule has 0 aromatic rings. The first kappa shape index (κ1) is 17.7. The average molecular weight is 320 g/mol. The minimum absolute atomic E-state index is 0.0184. The summed E-state index contributed by atoms with van der Waals surface area (Å²) < 4.78 is 0. The van der Waals surface area contributed by atoms with E-state index in [0.29, 0.717) is 38.4 Å². The largest absolute Gasteiger partial charge is 0.343 e. The van der Waals surface area contributed by atoms with Crippen molar-refractivity contribution in [2.75, 3.05) is 19.6 Å². The molecular formula is C17H28N4O2. The number of nitrogens with one attached hydrogen (secondary N) is 1. The highest BCUT2D eigenvalue weighted by molar-refractivity contribution is 5.80. The molecule has 1 aliphatic heterocycles. The van der Waals surface area contributed by atoms with Crippen LogP contribution in [0.5, 0.6) is 0 Å². The standard InChI is InChI=1S/C17H28N4O2/c1-13(22)21-9-7-17(12-19,8-10-21)20-16(23)15(11-18)14-5-3-2-4-6-14/h14-15H,2-11,18H2,1H3,(H,20,23). The highest BCUT2D eigenvalue weighted by Gasteiger charge is 2.39. The van der Waals surface area contributed by atoms with Gasteiger partial charge in [0.25, 0.3) is 0 Å². The number of amides is 2. The molecule has 1 aliphatic carbocycles. The Balaban J connectivity index is 1.98. The average Bonchev–Trinajstić information content (AvgIpc) is 2.57. The molecule has 1 heterocycles. The van der Waals surface area contributed by atoms with Crippen LogP contribution in [0.1, 0.15) is 51.9 Å². The highest BCUT2D eigenvalue weighted by Crippen LogP contribution is 2.31. The van der Waals surface area contributed by atoms with Crippen molar-refractivity contribution in [2.24, 2.45) is 17.6 Å². The quantitative estimate of drug-likeness (QED) is 0.812. The SMILES string of the molecule is CC(=O)N1CCC(C#N)(NC(=O)C(CN)C2CCCCC2)CC1. The van der Waals surface area contributed by atoms with Crippen molar-refractivity contribution in [3.63, 3.8) is 0 Å². The molecule has 2 fully saturated rings. The summed E-state index contributed by atoms with van der Waals surface area (Å²) in [4.78, 5) is 25.8. The second kappa shape index (κ2) is 7.78. The summed E-state index contributed by atoms with van der Waals surface area (Å²) in [5, 5.41) is 12.6. The molecule has 0 aromatic heterocycles. The van der Waals surface area contributed by atoms with E-state index in [-0.39, 0.29) is 17.7 Å². The van der Waals surface area contributed by atoms with Crippen molar-refractivity contribution in [3.05, 3.63) is 0 Å². The summed E-state index contributed by atoms with van der Waals surface area (Å²) in [6.07, 6.45) is 6.61. The van der Waals surface area contributed by atoms with E-state index < -0.39 is 5.54 Å². The Bertz CT molecular complexity index is 471. The van der Waals surface area contributed by atoms with Crippen LogP contribution in [0.25, 0.3) is 0 Å². The first-order valence-corrected chi connectivity index (χ1v) is 8.70. The smallest absolute Gasteiger partial charge is 0.225 e. The normalized spacial score (nSPS) is 22.9. The van der Waals surface area contributed by atoms with Gasteiger partial charge < -0.3 is 16.0 Å². The lowest BCUT2D eigenvalue weighted by Gasteiger charge is -2.39. The number of carbonyl (C=O) groups excluding carboxylic acids is 2. The molecule has 23 heavy (non-hydrogen) atoms. The Morgan fingerprint density at radius 2 is 1.91 bits per heavy atom. The van der Waals surface area contributed by atoms with Gasteiger partial charge in [0.05, 0.1) is 12.0 Å². The molecule has 128 valence electrons. The fourth-order valence-electron chi connectivity index (χ4n) is 3.85. The van der Waals surface area contributed by atoms with Crippen LogP contribution < -0.4 is 11.1 Å². The maximum atomic E-state index is 12.7. The summed E-state index contributed by atoms with van der Waals surface area (Å²) in [6, 6.07) is 2.28. The van der Waals surface area contributed by atoms with Gasteiger partial charge >= 0.3 is 0 Å². The van der Waals surface area contributed by atoms with Gasteiger partial charge in [-0.25, -0.2) is 0 Å². The molecule has 6 nitrogen and oxygen atoms in total. The van der Waals surface area contributed by atoms with Gasteiger partial charge in [0.1, 0.15) is 5.54 Å². The molecule has 3 N–H and O–H groups in total. The Morgan fingerprint density at radius 1 is 1.30 bits per heavy atom. The predicted molar refractivity (Wildman–Crippen MR) is 87.1 cm³/mol. The second-order valence-electron chi connectivity index (χ2n) is 6.93. The van der Waals surface area contributed by atoms with Gasteiger partial charge in [-0.2, -0.15) is 5.26 Å². The van der Waals surface area contributed by atoms with Crippen LogP contribution in [0, 0.1) is 23.2 Å². The van der Waals surface area contributed by atoms with Crippen LogP contribution in [0.4, 0.5) is 0 Å². The molecule has 1 saturated carbocycles. The van der Waals surface area contributed by atoms with Gasteiger partial charge in [-0.1, -0.05) is 19.3 Å². The third-order valence-corrected chi connectivity index (χ3v) is 5.45. The number of rotatable bonds is 4. The number of hydrogen-bond acceptors (Lipinski definition) is 4. The maximum absolute atomic E-state index is 12.7. The molecular weight excluding hydrogens is 292 g/mol. The second-order valence-corrected chi connectivity index (χ2v) is 6.93. The van der Waals surface area contributed by atoms with Gasteiger partial charge in [0.2, 0.25) is 11.8 Å². The van der Waals surface area contributed by atoms with Crippen molar-refractivity contribution >= 4 is 11.8 Å². The van der Waals surface area contributed by atoms with Crippen molar-refractivity contribution < 1.29 is 9.59 Å². The van der Waals surface area contributed by atoms with E-state index in [0.717, 1.165) is 25.7 Å². The van der Waals surface area contributed by atoms with E-state index in [9.17, 15) is 14.9 Å². The van der Waals surface area contributed by atoms with E-state index in [1.807, 2.05) is 0 Å². The molecule has 0 aromatic carbocycles. The lowest BCUT2D eigenvalue weighted by Crippen LogP contribution is -2.57. The number of carbonyl (C=O) groups is 2. The lowest BCUT2D eigenvalue weighted by atomic mass is 9.78. The number of piperidine rings is 1. The van der Waals surface area contributed by atoms with E-state index in [1.54, 1.807) is 4.90 Å². The minimum Gasteiger partial charge on any atom is -0.343 e. The number of likely N-dealkylation sites (tertiary alicyclic amines) is 1. The molecule has 0 spiro atoms. The zero-order chi connectivity index (χ0) is 16.9. The Morgan fingerprint density at radius 3 is 2.39 bits per heavy atom. The molecule has 2 amide bonds. The summed E-state index contributed by atoms with van der Waals surface area (Å²) in [5.41, 5.74) is 5.00. The van der Waals surface area contributed by atoms with E-state index >= 15 is 0 Å². The summed E-state index contributed by atoms with van der Waals surface area (Å²) in [6.45, 7) is 2.89. The van der Waals surface area contributed by atoms with Gasteiger partial charge in [0, 0.05) is 39.4 Å². The van der Waals surface area contributed by atoms with Crippen LogP contribution in [0.15, 0.2) is 0 Å². The molecule has 0 radical (unpaired) electrons. The lowest BCUT2D eigenvalue weighted by molar-refractivity contribution is -0.131. The Kier molecular flexibility index (Phi) is 6.00. The number of nitrogens with zero attached hydrogens (tertiary/aromatic N) is 2. The first-order chi connectivity index (χ1) is 11.0. The van der Waals surface area contributed by atoms with Gasteiger partial charge in [-0.15, -0.1) is 0 Å². The molecule has 2 rings (SSSR count). The topological polar surface area (TPSA) is 99.2 Å². The first-order valence-electron chi connectivity index (χ1n) is 8.70. The highest BCUT2D eigenvalue weighted by atomic mass is 16.2. The molecule has 2 aliphatic rings. The van der Waals surface area contributed by atoms with Crippen molar-refractivity contribution in [1.82, 2.24) is 10.2 Å². The zero-order valence-electron chi connectivity index (χ0n) is 14.0. The monoisotopic (exact) mass is 320 g/mol. The number of nitrogens with two attached hydrogens (primary N) is 1. The summed E-state index contributed by atoms with van der Waals surface area (Å²) in [5.74, 6) is 0.0651. The van der Waals surface area contributed by atoms with Gasteiger partial charge in [0.15, 0.2) is 0 Å². The molecule has 0 bridgehead atoms. The third-order valence-electron chi connectivity index (χ3n) is 5.45. The summed E-state index contributed by atoms with van der Waals surface area (Å²) >= 11 is 0. The molecule has 6 heteroatoms. The predicted octanol–water partition coefficient (Wildman–Crippen LogP) is 1.16. The molecule has 1 unspecified atom stereocenters. The Hall–Kier alpha value is -1.61. The van der Waals surface area contributed by atoms with E-state index in [1.165, 1.54) is 13.3 Å². The van der Waals surface area contributed by atoms with Crippen molar-refractivity contribution in [3.8, 4) is 6.07 Å². The van der Waals surface area contributed by atoms with Crippen LogP contribution in [0.2, 0.25) is 0 Å². The fourth-order valence-corrected chi connectivity index (χ4v) is 3.85. The van der Waals surface area contributed by atoms with Crippen LogP contribution in [-0.4, -0.2) is 41.9 Å². The van der Waals surface area contributed by atoms with Gasteiger partial charge in [-0.3, -0.25) is 9.59 Å². The zero-order valence-corrected chi connectivity index (χ0v) is 14.0. The summed E-state index contributed by atoms with van der Waals surface area (Å²) in [7, 11) is 0. The minimum atomic E-state index is -0.856. The fraction of sp³-hybridized carbons (Fsp3) is 0.824. The molecule has 1 saturated heterocycles. The number of hydrogen-bond donors (Lipinski definition) is 2.